The van der Waals surface area contributed by atoms with Crippen molar-refractivity contribution in [1.82, 2.24) is 0 Å². The molecule has 0 radical (unpaired) electrons. The summed E-state index contributed by atoms with van der Waals surface area (Å²) in [6.07, 6.45) is 0. The van der Waals surface area contributed by atoms with Crippen molar-refractivity contribution in [3.63, 3.8) is 0 Å². The number of aryl methyl sites for hydroxylation is 9. The molecular weight excluding hydrogens is 717 g/mol. The maximum atomic E-state index is 6.25. The van der Waals surface area contributed by atoms with Gasteiger partial charge in [-0.05, 0) is 164 Å². The van der Waals surface area contributed by atoms with Crippen LogP contribution in [0.1, 0.15) is 70.8 Å². The molecule has 5 nitrogen and oxygen atoms in total. The molecule has 296 valence electrons. The molecule has 0 N–H and O–H groups in total. The summed E-state index contributed by atoms with van der Waals surface area (Å²) in [6, 6.07) is 40.3. The second-order valence-electron chi connectivity index (χ2n) is 15.4. The number of benzene rings is 6. The van der Waals surface area contributed by atoms with Gasteiger partial charge in [0.25, 0.3) is 0 Å². The molecule has 0 bridgehead atoms. The van der Waals surface area contributed by atoms with Gasteiger partial charge in [0.2, 0.25) is 0 Å². The van der Waals surface area contributed by atoms with E-state index in [4.69, 9.17) is 13.3 Å². The first-order valence-electron chi connectivity index (χ1n) is 20.4. The van der Waals surface area contributed by atoms with Gasteiger partial charge in [0.05, 0.1) is 17.1 Å². The van der Waals surface area contributed by atoms with Gasteiger partial charge < -0.3 is 23.1 Å². The van der Waals surface area contributed by atoms with E-state index in [1.165, 1.54) is 72.7 Å². The van der Waals surface area contributed by atoms with Crippen molar-refractivity contribution in [3.8, 4) is 11.1 Å². The van der Waals surface area contributed by atoms with E-state index >= 15 is 0 Å². The van der Waals surface area contributed by atoms with Crippen LogP contribution in [0.4, 0.5) is 34.1 Å². The Morgan fingerprint density at radius 2 is 0.632 bits per heavy atom. The quantitative estimate of drug-likeness (QED) is 0.103. The Hall–Kier alpha value is -4.98. The molecule has 0 aliphatic rings. The Kier molecular flexibility index (Phi) is 12.9. The van der Waals surface area contributed by atoms with E-state index in [0.29, 0.717) is 19.8 Å². The summed E-state index contributed by atoms with van der Waals surface area (Å²) in [7, 11) is -3.05. The Bertz CT molecular complexity index is 2190. The topological polar surface area (TPSA) is 34.2 Å². The molecule has 0 fully saturated rings. The van der Waals surface area contributed by atoms with Gasteiger partial charge in [-0.1, -0.05) is 89.5 Å². The standard InChI is InChI=1S/C51H60N2O3Si/c1-13-54-57(55-14-2,56-15-3)48-26-24-46(25-27-48)52(49-37(7)28-34(4)29-38(49)8)45-20-16-43(17-21-45)44-18-22-47(23-19-44)53(50-39(9)30-35(5)31-40(50)10)51-41(11)32-36(6)33-42(51)12/h16-33H,13-15H2,1-12H3. The van der Waals surface area contributed by atoms with E-state index < -0.39 is 8.80 Å². The molecule has 0 amide bonds. The third-order valence-electron chi connectivity index (χ3n) is 10.6. The van der Waals surface area contributed by atoms with Crippen LogP contribution < -0.4 is 15.0 Å². The molecule has 0 atom stereocenters. The molecule has 6 heteroatoms. The Morgan fingerprint density at radius 3 is 0.930 bits per heavy atom. The van der Waals surface area contributed by atoms with E-state index in [1.54, 1.807) is 0 Å². The molecule has 57 heavy (non-hydrogen) atoms. The molecule has 6 rings (SSSR count). The predicted molar refractivity (Wildman–Crippen MR) is 244 cm³/mol. The SMILES string of the molecule is CCO[Si](OCC)(OCC)c1ccc(N(c2ccc(-c3ccc(N(c4c(C)cc(C)cc4C)c4c(C)cc(C)cc4C)cc3)cc2)c2c(C)cc(C)cc2C)cc1. The molecule has 0 aliphatic carbocycles. The third kappa shape index (κ3) is 8.65. The van der Waals surface area contributed by atoms with Crippen molar-refractivity contribution in [2.75, 3.05) is 29.6 Å². The number of hydrogen-bond donors (Lipinski definition) is 0. The maximum Gasteiger partial charge on any atom is 0.537 e. The highest BCUT2D eigenvalue weighted by Gasteiger charge is 2.43. The van der Waals surface area contributed by atoms with Crippen LogP contribution >= 0.6 is 0 Å². The largest absolute Gasteiger partial charge is 0.537 e. The van der Waals surface area contributed by atoms with Gasteiger partial charge in [0.15, 0.2) is 0 Å². The monoisotopic (exact) mass is 776 g/mol. The zero-order chi connectivity index (χ0) is 41.0. The highest BCUT2D eigenvalue weighted by Crippen LogP contribution is 2.44. The lowest BCUT2D eigenvalue weighted by Gasteiger charge is -2.32. The molecule has 0 saturated heterocycles. The zero-order valence-electron chi connectivity index (χ0n) is 36.1. The Balaban J connectivity index is 1.40. The van der Waals surface area contributed by atoms with Crippen LogP contribution in [0.15, 0.2) is 109 Å². The summed E-state index contributed by atoms with van der Waals surface area (Å²) in [5.74, 6) is 0. The number of rotatable bonds is 14. The highest BCUT2D eigenvalue weighted by atomic mass is 28.4. The van der Waals surface area contributed by atoms with Gasteiger partial charge in [-0.25, -0.2) is 0 Å². The number of nitrogens with zero attached hydrogens (tertiary/aromatic N) is 2. The first kappa shape index (κ1) is 41.6. The van der Waals surface area contributed by atoms with Gasteiger partial charge in [-0.3, -0.25) is 0 Å². The van der Waals surface area contributed by atoms with Crippen molar-refractivity contribution in [3.05, 3.63) is 159 Å². The van der Waals surface area contributed by atoms with Crippen molar-refractivity contribution < 1.29 is 13.3 Å². The summed E-state index contributed by atoms with van der Waals surface area (Å²) in [5, 5.41) is 0.965. The second-order valence-corrected chi connectivity index (χ2v) is 18.0. The minimum Gasteiger partial charge on any atom is -0.370 e. The minimum absolute atomic E-state index is 0.521. The Labute approximate surface area is 343 Å². The highest BCUT2D eigenvalue weighted by molar-refractivity contribution is 6.75. The van der Waals surface area contributed by atoms with Gasteiger partial charge in [0.1, 0.15) is 0 Å². The Morgan fingerprint density at radius 1 is 0.368 bits per heavy atom. The average Bonchev–Trinajstić information content (AvgIpc) is 3.15. The van der Waals surface area contributed by atoms with Crippen LogP contribution in [0, 0.1) is 62.3 Å². The lowest BCUT2D eigenvalue weighted by atomic mass is 9.98. The minimum atomic E-state index is -3.05. The first-order valence-corrected chi connectivity index (χ1v) is 22.1. The van der Waals surface area contributed by atoms with Crippen LogP contribution in [-0.4, -0.2) is 28.6 Å². The van der Waals surface area contributed by atoms with Gasteiger partial charge in [-0.15, -0.1) is 0 Å². The molecule has 0 aromatic heterocycles. The third-order valence-corrected chi connectivity index (χ3v) is 13.7. The van der Waals surface area contributed by atoms with Crippen molar-refractivity contribution >= 4 is 48.1 Å². The van der Waals surface area contributed by atoms with Crippen molar-refractivity contribution in [2.24, 2.45) is 0 Å². The summed E-state index contributed by atoms with van der Waals surface area (Å²) in [6.45, 7) is 27.4. The lowest BCUT2D eigenvalue weighted by Crippen LogP contribution is -2.56. The van der Waals surface area contributed by atoms with Gasteiger partial charge in [0, 0.05) is 42.1 Å². The van der Waals surface area contributed by atoms with Crippen LogP contribution in [0.25, 0.3) is 11.1 Å². The molecule has 6 aromatic rings. The van der Waals surface area contributed by atoms with Gasteiger partial charge in [-0.2, -0.15) is 0 Å². The fourth-order valence-corrected chi connectivity index (χ4v) is 11.2. The number of anilines is 6. The summed E-state index contributed by atoms with van der Waals surface area (Å²) in [4.78, 5) is 4.82. The summed E-state index contributed by atoms with van der Waals surface area (Å²) < 4.78 is 18.7. The van der Waals surface area contributed by atoms with Gasteiger partial charge >= 0.3 is 8.80 Å². The normalized spacial score (nSPS) is 11.6. The first-order chi connectivity index (χ1) is 27.3. The fraction of sp³-hybridized carbons (Fsp3) is 0.294. The zero-order valence-corrected chi connectivity index (χ0v) is 37.1. The summed E-state index contributed by atoms with van der Waals surface area (Å²) in [5.41, 5.74) is 20.6. The molecule has 0 spiro atoms. The molecule has 0 heterocycles. The predicted octanol–water partition coefficient (Wildman–Crippen LogP) is 13.3. The van der Waals surface area contributed by atoms with Crippen LogP contribution in [0.5, 0.6) is 0 Å². The fourth-order valence-electron chi connectivity index (χ4n) is 8.72. The molecule has 6 aromatic carbocycles. The van der Waals surface area contributed by atoms with E-state index in [9.17, 15) is 0 Å². The smallest absolute Gasteiger partial charge is 0.370 e. The molecule has 0 saturated carbocycles. The van der Waals surface area contributed by atoms with E-state index in [2.05, 4.69) is 181 Å². The van der Waals surface area contributed by atoms with Crippen LogP contribution in [-0.2, 0) is 13.3 Å². The molecule has 0 unspecified atom stereocenters. The van der Waals surface area contributed by atoms with E-state index in [-0.39, 0.29) is 0 Å². The molecule has 0 aliphatic heterocycles. The lowest BCUT2D eigenvalue weighted by molar-refractivity contribution is 0.0859. The van der Waals surface area contributed by atoms with Crippen LogP contribution in [0.2, 0.25) is 0 Å². The average molecular weight is 777 g/mol. The molecular formula is C51H60N2O3Si. The van der Waals surface area contributed by atoms with Crippen molar-refractivity contribution in [1.29, 1.82) is 0 Å². The number of hydrogen-bond acceptors (Lipinski definition) is 5. The van der Waals surface area contributed by atoms with E-state index in [1.807, 2.05) is 20.8 Å². The van der Waals surface area contributed by atoms with Crippen LogP contribution in [0.3, 0.4) is 0 Å². The summed E-state index contributed by atoms with van der Waals surface area (Å²) >= 11 is 0. The van der Waals surface area contributed by atoms with Crippen molar-refractivity contribution in [2.45, 2.75) is 83.1 Å². The maximum absolute atomic E-state index is 6.25. The second kappa shape index (κ2) is 17.7. The van der Waals surface area contributed by atoms with E-state index in [0.717, 1.165) is 27.8 Å².